The Labute approximate surface area is 115 Å². The zero-order chi connectivity index (χ0) is 13.3. The zero-order valence-corrected chi connectivity index (χ0v) is 12.4. The molecule has 0 aliphatic carbocycles. The third kappa shape index (κ3) is 3.10. The van der Waals surface area contributed by atoms with Gasteiger partial charge in [0.05, 0.1) is 11.6 Å². The van der Waals surface area contributed by atoms with Crippen LogP contribution in [-0.4, -0.2) is 15.7 Å². The number of halogens is 1. The van der Waals surface area contributed by atoms with Crippen LogP contribution in [0.2, 0.25) is 5.02 Å². The highest BCUT2D eigenvalue weighted by Gasteiger charge is 2.16. The Morgan fingerprint density at radius 3 is 2.67 bits per heavy atom. The highest BCUT2D eigenvalue weighted by molar-refractivity contribution is 7.14. The quantitative estimate of drug-likeness (QED) is 0.935. The molecular formula is C12H16ClN3OS. The second kappa shape index (κ2) is 4.99. The fourth-order valence-corrected chi connectivity index (χ4v) is 2.53. The van der Waals surface area contributed by atoms with Crippen molar-refractivity contribution in [3.05, 3.63) is 21.9 Å². The number of hydrogen-bond donors (Lipinski definition) is 1. The molecule has 0 aliphatic heterocycles. The van der Waals surface area contributed by atoms with Gasteiger partial charge < -0.3 is 9.73 Å². The first kappa shape index (κ1) is 13.5. The average molecular weight is 286 g/mol. The van der Waals surface area contributed by atoms with E-state index in [0.29, 0.717) is 23.3 Å². The molecule has 0 aliphatic rings. The summed E-state index contributed by atoms with van der Waals surface area (Å²) in [5, 5.41) is 14.0. The van der Waals surface area contributed by atoms with Crippen LogP contribution in [0.4, 0.5) is 0 Å². The van der Waals surface area contributed by atoms with Crippen molar-refractivity contribution < 1.29 is 4.42 Å². The van der Waals surface area contributed by atoms with Gasteiger partial charge in [-0.3, -0.25) is 0 Å². The number of nitrogens with one attached hydrogen (secondary N) is 1. The number of aromatic nitrogens is 2. The smallest absolute Gasteiger partial charge is 0.259 e. The van der Waals surface area contributed by atoms with Gasteiger partial charge >= 0.3 is 0 Å². The molecule has 0 radical (unpaired) electrons. The number of aryl methyl sites for hydroxylation is 1. The Morgan fingerprint density at radius 1 is 1.39 bits per heavy atom. The number of nitrogens with zero attached hydrogens (tertiary/aromatic N) is 2. The van der Waals surface area contributed by atoms with Crippen molar-refractivity contribution in [3.8, 4) is 10.8 Å². The summed E-state index contributed by atoms with van der Waals surface area (Å²) in [5.41, 5.74) is 1.05. The molecule has 2 aromatic rings. The molecule has 2 heterocycles. The van der Waals surface area contributed by atoms with Gasteiger partial charge in [-0.25, -0.2) is 0 Å². The van der Waals surface area contributed by atoms with Gasteiger partial charge in [0.1, 0.15) is 4.88 Å². The lowest BCUT2D eigenvalue weighted by Gasteiger charge is -2.18. The van der Waals surface area contributed by atoms with E-state index in [1.807, 2.05) is 12.3 Å². The molecule has 0 saturated heterocycles. The molecule has 98 valence electrons. The molecule has 0 spiro atoms. The molecule has 4 nitrogen and oxygen atoms in total. The van der Waals surface area contributed by atoms with Crippen molar-refractivity contribution in [1.29, 1.82) is 0 Å². The van der Waals surface area contributed by atoms with Gasteiger partial charge in [0, 0.05) is 5.54 Å². The Balaban J connectivity index is 2.13. The van der Waals surface area contributed by atoms with Gasteiger partial charge in [-0.15, -0.1) is 21.5 Å². The molecule has 0 amide bonds. The van der Waals surface area contributed by atoms with E-state index >= 15 is 0 Å². The zero-order valence-electron chi connectivity index (χ0n) is 10.9. The molecule has 6 heteroatoms. The van der Waals surface area contributed by atoms with Crippen molar-refractivity contribution in [3.63, 3.8) is 0 Å². The van der Waals surface area contributed by atoms with Crippen molar-refractivity contribution >= 4 is 22.9 Å². The molecular weight excluding hydrogens is 270 g/mol. The molecule has 18 heavy (non-hydrogen) atoms. The van der Waals surface area contributed by atoms with E-state index in [2.05, 4.69) is 36.3 Å². The van der Waals surface area contributed by atoms with Gasteiger partial charge in [0.25, 0.3) is 5.89 Å². The number of hydrogen-bond acceptors (Lipinski definition) is 5. The predicted octanol–water partition coefficient (Wildman–Crippen LogP) is 3.65. The molecule has 0 aromatic carbocycles. The maximum atomic E-state index is 6.17. The highest BCUT2D eigenvalue weighted by Crippen LogP contribution is 2.35. The second-order valence-corrected chi connectivity index (χ2v) is 6.42. The molecule has 0 bridgehead atoms. The van der Waals surface area contributed by atoms with Crippen molar-refractivity contribution in [2.24, 2.45) is 0 Å². The lowest BCUT2D eigenvalue weighted by atomic mass is 10.1. The summed E-state index contributed by atoms with van der Waals surface area (Å²) in [5.74, 6) is 1.06. The summed E-state index contributed by atoms with van der Waals surface area (Å²) < 4.78 is 5.60. The normalized spacial score (nSPS) is 12.1. The predicted molar refractivity (Wildman–Crippen MR) is 74.0 cm³/mol. The molecule has 2 rings (SSSR count). The molecule has 0 unspecified atom stereocenters. The summed E-state index contributed by atoms with van der Waals surface area (Å²) in [7, 11) is 0. The van der Waals surface area contributed by atoms with Crippen LogP contribution in [0.25, 0.3) is 10.8 Å². The minimum absolute atomic E-state index is 0.0196. The van der Waals surface area contributed by atoms with Gasteiger partial charge in [-0.05, 0) is 38.6 Å². The van der Waals surface area contributed by atoms with E-state index in [4.69, 9.17) is 16.0 Å². The number of rotatable bonds is 3. The summed E-state index contributed by atoms with van der Waals surface area (Å²) in [6.07, 6.45) is 0. The standard InChI is InChI=1S/C12H16ClN3OS/c1-7-6-18-10(9(7)13)11-16-15-8(17-11)5-14-12(2,3)4/h6,14H,5H2,1-4H3. The van der Waals surface area contributed by atoms with E-state index in [1.54, 1.807) is 0 Å². The molecule has 0 fully saturated rings. The topological polar surface area (TPSA) is 51.0 Å². The van der Waals surface area contributed by atoms with Crippen LogP contribution in [0.1, 0.15) is 32.2 Å². The minimum atomic E-state index is 0.0196. The Bertz CT molecular complexity index is 542. The molecule has 0 saturated carbocycles. The third-order valence-electron chi connectivity index (χ3n) is 2.33. The SMILES string of the molecule is Cc1csc(-c2nnc(CNC(C)(C)C)o2)c1Cl. The van der Waals surface area contributed by atoms with Crippen LogP contribution < -0.4 is 5.32 Å². The molecule has 1 N–H and O–H groups in total. The maximum Gasteiger partial charge on any atom is 0.259 e. The third-order valence-corrected chi connectivity index (χ3v) is 4.02. The van der Waals surface area contributed by atoms with Crippen LogP contribution >= 0.6 is 22.9 Å². The fourth-order valence-electron chi connectivity index (χ4n) is 1.33. The highest BCUT2D eigenvalue weighted by atomic mass is 35.5. The first-order valence-corrected chi connectivity index (χ1v) is 6.94. The largest absolute Gasteiger partial charge is 0.418 e. The number of thiophene rings is 1. The average Bonchev–Trinajstić information content (AvgIpc) is 2.84. The minimum Gasteiger partial charge on any atom is -0.418 e. The molecule has 0 atom stereocenters. The summed E-state index contributed by atoms with van der Waals surface area (Å²) >= 11 is 7.69. The van der Waals surface area contributed by atoms with Gasteiger partial charge in [0.2, 0.25) is 5.89 Å². The molecule has 2 aromatic heterocycles. The van der Waals surface area contributed by atoms with Crippen LogP contribution in [0, 0.1) is 6.92 Å². The van der Waals surface area contributed by atoms with Crippen LogP contribution in [0.5, 0.6) is 0 Å². The lowest BCUT2D eigenvalue weighted by Crippen LogP contribution is -2.35. The summed E-state index contributed by atoms with van der Waals surface area (Å²) in [4.78, 5) is 0.837. The van der Waals surface area contributed by atoms with Gasteiger partial charge in [0.15, 0.2) is 0 Å². The Kier molecular flexibility index (Phi) is 3.75. The maximum absolute atomic E-state index is 6.17. The van der Waals surface area contributed by atoms with Crippen LogP contribution in [0.15, 0.2) is 9.80 Å². The monoisotopic (exact) mass is 285 g/mol. The van der Waals surface area contributed by atoms with Gasteiger partial charge in [-0.2, -0.15) is 0 Å². The summed E-state index contributed by atoms with van der Waals surface area (Å²) in [6, 6.07) is 0. The van der Waals surface area contributed by atoms with E-state index in [9.17, 15) is 0 Å². The van der Waals surface area contributed by atoms with E-state index in [0.717, 1.165) is 10.4 Å². The Hall–Kier alpha value is -0.910. The van der Waals surface area contributed by atoms with Crippen molar-refractivity contribution in [2.45, 2.75) is 39.8 Å². The Morgan fingerprint density at radius 2 is 2.11 bits per heavy atom. The van der Waals surface area contributed by atoms with E-state index < -0.39 is 0 Å². The fraction of sp³-hybridized carbons (Fsp3) is 0.500. The van der Waals surface area contributed by atoms with Crippen molar-refractivity contribution in [2.75, 3.05) is 0 Å². The van der Waals surface area contributed by atoms with Gasteiger partial charge in [-0.1, -0.05) is 11.6 Å². The van der Waals surface area contributed by atoms with Crippen LogP contribution in [0.3, 0.4) is 0 Å². The van der Waals surface area contributed by atoms with E-state index in [-0.39, 0.29) is 5.54 Å². The van der Waals surface area contributed by atoms with Crippen molar-refractivity contribution in [1.82, 2.24) is 15.5 Å². The second-order valence-electron chi connectivity index (χ2n) is 5.17. The van der Waals surface area contributed by atoms with E-state index in [1.165, 1.54) is 11.3 Å². The van der Waals surface area contributed by atoms with Crippen LogP contribution in [-0.2, 0) is 6.54 Å². The lowest BCUT2D eigenvalue weighted by molar-refractivity contribution is 0.384. The first-order chi connectivity index (χ1) is 8.37. The summed E-state index contributed by atoms with van der Waals surface area (Å²) in [6.45, 7) is 8.77. The first-order valence-electron chi connectivity index (χ1n) is 5.68.